The van der Waals surface area contributed by atoms with E-state index in [0.29, 0.717) is 11.3 Å². The van der Waals surface area contributed by atoms with E-state index in [0.717, 1.165) is 0 Å². The lowest BCUT2D eigenvalue weighted by atomic mass is 10.2. The number of nitrogens with two attached hydrogens (primary N) is 1. The molecule has 0 saturated heterocycles. The zero-order valence-corrected chi connectivity index (χ0v) is 11.0. The van der Waals surface area contributed by atoms with E-state index in [4.69, 9.17) is 5.73 Å². The number of carbonyl (C=O) groups is 1. The third kappa shape index (κ3) is 4.33. The summed E-state index contributed by atoms with van der Waals surface area (Å²) in [5.74, 6) is -0.435. The predicted octanol–water partition coefficient (Wildman–Crippen LogP) is 1.25. The molecule has 0 spiro atoms. The van der Waals surface area contributed by atoms with Gasteiger partial charge in [-0.2, -0.15) is 0 Å². The van der Waals surface area contributed by atoms with Gasteiger partial charge in [0.2, 0.25) is 5.91 Å². The molecule has 100 valence electrons. The lowest BCUT2D eigenvalue weighted by Crippen LogP contribution is -2.38. The van der Waals surface area contributed by atoms with Crippen LogP contribution in [0, 0.1) is 5.82 Å². The topological polar surface area (TPSA) is 58.4 Å². The van der Waals surface area contributed by atoms with Crippen LogP contribution < -0.4 is 16.0 Å². The fourth-order valence-electron chi connectivity index (χ4n) is 1.65. The van der Waals surface area contributed by atoms with Gasteiger partial charge in [-0.15, -0.1) is 0 Å². The van der Waals surface area contributed by atoms with Gasteiger partial charge >= 0.3 is 0 Å². The smallest absolute Gasteiger partial charge is 0.239 e. The van der Waals surface area contributed by atoms with E-state index in [1.54, 1.807) is 18.0 Å². The van der Waals surface area contributed by atoms with Crippen molar-refractivity contribution in [1.29, 1.82) is 0 Å². The van der Waals surface area contributed by atoms with Gasteiger partial charge in [0, 0.05) is 25.3 Å². The monoisotopic (exact) mass is 253 g/mol. The zero-order chi connectivity index (χ0) is 13.7. The van der Waals surface area contributed by atoms with Crippen LogP contribution in [0.3, 0.4) is 0 Å². The predicted molar refractivity (Wildman–Crippen MR) is 70.8 cm³/mol. The maximum atomic E-state index is 13.3. The Morgan fingerprint density at radius 2 is 2.11 bits per heavy atom. The number of amides is 1. The normalized spacial score (nSPS) is 10.6. The molecule has 0 aliphatic rings. The Kier molecular flexibility index (Phi) is 5.09. The van der Waals surface area contributed by atoms with Crippen LogP contribution in [0.25, 0.3) is 0 Å². The number of anilines is 1. The molecule has 3 N–H and O–H groups in total. The molecule has 0 aromatic heterocycles. The van der Waals surface area contributed by atoms with Crippen molar-refractivity contribution in [2.45, 2.75) is 26.4 Å². The van der Waals surface area contributed by atoms with Crippen LogP contribution in [0.5, 0.6) is 0 Å². The highest BCUT2D eigenvalue weighted by Gasteiger charge is 2.10. The van der Waals surface area contributed by atoms with Gasteiger partial charge in [0.15, 0.2) is 0 Å². The zero-order valence-electron chi connectivity index (χ0n) is 11.0. The van der Waals surface area contributed by atoms with Crippen molar-refractivity contribution in [2.24, 2.45) is 5.73 Å². The van der Waals surface area contributed by atoms with Crippen LogP contribution in [0.4, 0.5) is 10.1 Å². The molecule has 18 heavy (non-hydrogen) atoms. The number of nitrogens with one attached hydrogen (secondary N) is 1. The van der Waals surface area contributed by atoms with Gasteiger partial charge in [-0.25, -0.2) is 4.39 Å². The second-order valence-electron chi connectivity index (χ2n) is 4.60. The van der Waals surface area contributed by atoms with Crippen molar-refractivity contribution >= 4 is 11.6 Å². The number of hydrogen-bond acceptors (Lipinski definition) is 3. The minimum Gasteiger partial charge on any atom is -0.365 e. The first kappa shape index (κ1) is 14.4. The number of rotatable bonds is 5. The molecule has 1 rings (SSSR count). The molecule has 0 bridgehead atoms. The molecule has 0 heterocycles. The van der Waals surface area contributed by atoms with Crippen LogP contribution >= 0.6 is 0 Å². The maximum Gasteiger partial charge on any atom is 0.239 e. The summed E-state index contributed by atoms with van der Waals surface area (Å²) in [5.41, 5.74) is 6.85. The Balaban J connectivity index is 2.74. The van der Waals surface area contributed by atoms with Crippen LogP contribution in [-0.2, 0) is 11.3 Å². The molecule has 1 aromatic carbocycles. The lowest BCUT2D eigenvalue weighted by Gasteiger charge is -2.20. The average molecular weight is 253 g/mol. The summed E-state index contributed by atoms with van der Waals surface area (Å²) in [6.07, 6.45) is 0. The Bertz CT molecular complexity index is 421. The molecule has 0 aliphatic heterocycles. The highest BCUT2D eigenvalue weighted by Crippen LogP contribution is 2.17. The first-order chi connectivity index (χ1) is 8.42. The molecule has 4 nitrogen and oxygen atoms in total. The van der Waals surface area contributed by atoms with Gasteiger partial charge < -0.3 is 16.0 Å². The molecule has 1 aromatic rings. The SMILES string of the molecule is CC(C)NC(=O)CN(C)c1cc(F)cc(CN)c1. The first-order valence-electron chi connectivity index (χ1n) is 5.92. The first-order valence-corrected chi connectivity index (χ1v) is 5.92. The lowest BCUT2D eigenvalue weighted by molar-refractivity contribution is -0.120. The molecular weight excluding hydrogens is 233 g/mol. The second-order valence-corrected chi connectivity index (χ2v) is 4.60. The standard InChI is InChI=1S/C13H20FN3O/c1-9(2)16-13(18)8-17(3)12-5-10(7-15)4-11(14)6-12/h4-6,9H,7-8,15H2,1-3H3,(H,16,18). The third-order valence-corrected chi connectivity index (χ3v) is 2.45. The summed E-state index contributed by atoms with van der Waals surface area (Å²) in [7, 11) is 1.75. The Morgan fingerprint density at radius 1 is 1.44 bits per heavy atom. The van der Waals surface area contributed by atoms with E-state index in [1.165, 1.54) is 12.1 Å². The van der Waals surface area contributed by atoms with Crippen LogP contribution in [0.15, 0.2) is 18.2 Å². The van der Waals surface area contributed by atoms with Gasteiger partial charge in [0.25, 0.3) is 0 Å². The van der Waals surface area contributed by atoms with Gasteiger partial charge in [0.1, 0.15) is 5.82 Å². The number of benzene rings is 1. The molecule has 0 radical (unpaired) electrons. The summed E-state index contributed by atoms with van der Waals surface area (Å²) in [5, 5.41) is 2.79. The molecule has 5 heteroatoms. The van der Waals surface area contributed by atoms with Gasteiger partial charge in [-0.3, -0.25) is 4.79 Å². The van der Waals surface area contributed by atoms with E-state index in [9.17, 15) is 9.18 Å². The van der Waals surface area contributed by atoms with Crippen LogP contribution in [0.2, 0.25) is 0 Å². The van der Waals surface area contributed by atoms with Crippen molar-refractivity contribution in [1.82, 2.24) is 5.32 Å². The Labute approximate surface area is 107 Å². The van der Waals surface area contributed by atoms with Crippen LogP contribution in [0.1, 0.15) is 19.4 Å². The number of carbonyl (C=O) groups excluding carboxylic acids is 1. The molecule has 0 saturated carbocycles. The van der Waals surface area contributed by atoms with E-state index in [1.807, 2.05) is 13.8 Å². The van der Waals surface area contributed by atoms with Crippen molar-refractivity contribution < 1.29 is 9.18 Å². The molecule has 0 unspecified atom stereocenters. The van der Waals surface area contributed by atoms with Crippen molar-refractivity contribution in [3.05, 3.63) is 29.6 Å². The minimum absolute atomic E-state index is 0.0916. The van der Waals surface area contributed by atoms with Gasteiger partial charge in [-0.1, -0.05) is 0 Å². The summed E-state index contributed by atoms with van der Waals surface area (Å²) in [6, 6.07) is 4.66. The fourth-order valence-corrected chi connectivity index (χ4v) is 1.65. The highest BCUT2D eigenvalue weighted by molar-refractivity contribution is 5.81. The summed E-state index contributed by atoms with van der Waals surface area (Å²) in [4.78, 5) is 13.3. The van der Waals surface area contributed by atoms with Crippen molar-refractivity contribution in [3.63, 3.8) is 0 Å². The van der Waals surface area contributed by atoms with E-state index in [2.05, 4.69) is 5.32 Å². The Morgan fingerprint density at radius 3 is 2.67 bits per heavy atom. The minimum atomic E-state index is -0.343. The van der Waals surface area contributed by atoms with Crippen molar-refractivity contribution in [3.8, 4) is 0 Å². The number of hydrogen-bond donors (Lipinski definition) is 2. The van der Waals surface area contributed by atoms with Crippen LogP contribution in [-0.4, -0.2) is 25.5 Å². The maximum absolute atomic E-state index is 13.3. The number of halogens is 1. The summed E-state index contributed by atoms with van der Waals surface area (Å²) < 4.78 is 13.3. The fraction of sp³-hybridized carbons (Fsp3) is 0.462. The van der Waals surface area contributed by atoms with E-state index < -0.39 is 0 Å². The van der Waals surface area contributed by atoms with Gasteiger partial charge in [-0.05, 0) is 37.6 Å². The molecule has 0 fully saturated rings. The highest BCUT2D eigenvalue weighted by atomic mass is 19.1. The Hall–Kier alpha value is -1.62. The summed E-state index contributed by atoms with van der Waals surface area (Å²) in [6.45, 7) is 4.25. The van der Waals surface area contributed by atoms with Gasteiger partial charge in [0.05, 0.1) is 6.54 Å². The molecule has 0 aliphatic carbocycles. The molecule has 1 amide bonds. The second kappa shape index (κ2) is 6.35. The average Bonchev–Trinajstić information content (AvgIpc) is 2.26. The molecular formula is C13H20FN3O. The quantitative estimate of drug-likeness (QED) is 0.830. The number of likely N-dealkylation sites (N-methyl/N-ethyl adjacent to an activating group) is 1. The largest absolute Gasteiger partial charge is 0.365 e. The molecule has 0 atom stereocenters. The van der Waals surface area contributed by atoms with E-state index >= 15 is 0 Å². The number of nitrogens with zero attached hydrogens (tertiary/aromatic N) is 1. The van der Waals surface area contributed by atoms with E-state index in [-0.39, 0.29) is 30.9 Å². The van der Waals surface area contributed by atoms with Crippen molar-refractivity contribution in [2.75, 3.05) is 18.5 Å². The third-order valence-electron chi connectivity index (χ3n) is 2.45. The summed E-state index contributed by atoms with van der Waals surface area (Å²) >= 11 is 0.